The van der Waals surface area contributed by atoms with Crippen molar-refractivity contribution in [2.75, 3.05) is 6.54 Å². The minimum absolute atomic E-state index is 0.0271. The average molecular weight is 531 g/mol. The van der Waals surface area contributed by atoms with E-state index >= 15 is 0 Å². The highest BCUT2D eigenvalue weighted by Crippen LogP contribution is 2.19. The Morgan fingerprint density at radius 1 is 0.974 bits per heavy atom. The van der Waals surface area contributed by atoms with Gasteiger partial charge in [0.2, 0.25) is 17.7 Å². The summed E-state index contributed by atoms with van der Waals surface area (Å²) >= 11 is 0. The number of nitrogens with one attached hydrogen (secondary N) is 4. The van der Waals surface area contributed by atoms with Crippen LogP contribution in [-0.4, -0.2) is 70.5 Å². The third-order valence-electron chi connectivity index (χ3n) is 6.06. The highest BCUT2D eigenvalue weighted by atomic mass is 16.4. The molecular formula is C25H38N8O5. The molecular weight excluding hydrogens is 492 g/mol. The summed E-state index contributed by atoms with van der Waals surface area (Å²) in [6.45, 7) is 5.23. The number of nitrogens with zero attached hydrogens (tertiary/aromatic N) is 1. The van der Waals surface area contributed by atoms with E-state index < -0.39 is 47.9 Å². The van der Waals surface area contributed by atoms with Crippen LogP contribution in [0.2, 0.25) is 0 Å². The number of aliphatic carboxylic acids is 1. The van der Waals surface area contributed by atoms with Crippen LogP contribution in [0.15, 0.2) is 35.5 Å². The number of amides is 3. The third kappa shape index (κ3) is 8.76. The van der Waals surface area contributed by atoms with Gasteiger partial charge in [-0.15, -0.1) is 0 Å². The summed E-state index contributed by atoms with van der Waals surface area (Å²) in [4.78, 5) is 57.2. The zero-order valence-electron chi connectivity index (χ0n) is 21.9. The molecule has 11 N–H and O–H groups in total. The van der Waals surface area contributed by atoms with Gasteiger partial charge in [-0.3, -0.25) is 19.4 Å². The standard InChI is InChI=1S/C25H38N8O5/c1-13(2)20(26)23(36)31-14(3)21(34)32-18(9-6-10-29-25(27)28)22(35)33-19(24(37)38)11-15-12-30-17-8-5-4-7-16(15)17/h4-5,7-8,12-14,18-20,30H,6,9-11,26H2,1-3H3,(H,31,36)(H,32,34)(H,33,35)(H,37,38)(H4,27,28,29). The lowest BCUT2D eigenvalue weighted by atomic mass is 10.0. The Balaban J connectivity index is 2.13. The smallest absolute Gasteiger partial charge is 0.326 e. The molecule has 0 aliphatic heterocycles. The number of para-hydroxylation sites is 1. The molecule has 0 aliphatic carbocycles. The van der Waals surface area contributed by atoms with Crippen LogP contribution in [-0.2, 0) is 25.6 Å². The Morgan fingerprint density at radius 2 is 1.63 bits per heavy atom. The van der Waals surface area contributed by atoms with Crippen molar-refractivity contribution in [3.05, 3.63) is 36.0 Å². The SMILES string of the molecule is CC(NC(=O)C(N)C(C)C)C(=O)NC(CCCN=C(N)N)C(=O)NC(Cc1c[nH]c2ccccc12)C(=O)O. The van der Waals surface area contributed by atoms with Crippen molar-refractivity contribution in [3.8, 4) is 0 Å². The number of hydrogen-bond acceptors (Lipinski definition) is 6. The molecule has 3 amide bonds. The Morgan fingerprint density at radius 3 is 2.26 bits per heavy atom. The summed E-state index contributed by atoms with van der Waals surface area (Å²) in [6.07, 6.45) is 2.18. The number of aliphatic imine (C=N–C) groups is 1. The molecule has 0 fully saturated rings. The van der Waals surface area contributed by atoms with E-state index in [9.17, 15) is 24.3 Å². The van der Waals surface area contributed by atoms with E-state index in [1.54, 1.807) is 20.0 Å². The maximum absolute atomic E-state index is 13.2. The second kappa shape index (κ2) is 14.0. The summed E-state index contributed by atoms with van der Waals surface area (Å²) in [5, 5.41) is 18.3. The number of aromatic nitrogens is 1. The van der Waals surface area contributed by atoms with Crippen LogP contribution in [0.5, 0.6) is 0 Å². The number of hydrogen-bond donors (Lipinski definition) is 8. The van der Waals surface area contributed by atoms with E-state index in [1.807, 2.05) is 24.3 Å². The molecule has 38 heavy (non-hydrogen) atoms. The minimum Gasteiger partial charge on any atom is -0.480 e. The molecule has 1 heterocycles. The maximum Gasteiger partial charge on any atom is 0.326 e. The number of carbonyl (C=O) groups excluding carboxylic acids is 3. The normalized spacial score (nSPS) is 14.2. The van der Waals surface area contributed by atoms with Crippen LogP contribution in [0.25, 0.3) is 10.9 Å². The third-order valence-corrected chi connectivity index (χ3v) is 6.06. The molecule has 13 nitrogen and oxygen atoms in total. The molecule has 0 spiro atoms. The lowest BCUT2D eigenvalue weighted by molar-refractivity contribution is -0.142. The predicted molar refractivity (Wildman–Crippen MR) is 144 cm³/mol. The molecule has 0 radical (unpaired) electrons. The van der Waals surface area contributed by atoms with E-state index in [0.29, 0.717) is 6.42 Å². The Hall–Kier alpha value is -4.13. The highest BCUT2D eigenvalue weighted by Gasteiger charge is 2.29. The number of aromatic amines is 1. The highest BCUT2D eigenvalue weighted by molar-refractivity contribution is 5.94. The van der Waals surface area contributed by atoms with Crippen LogP contribution >= 0.6 is 0 Å². The zero-order chi connectivity index (χ0) is 28.4. The van der Waals surface area contributed by atoms with Gasteiger partial charge in [-0.05, 0) is 37.3 Å². The first-order chi connectivity index (χ1) is 17.9. The summed E-state index contributed by atoms with van der Waals surface area (Å²) < 4.78 is 0. The quantitative estimate of drug-likeness (QED) is 0.0882. The summed E-state index contributed by atoms with van der Waals surface area (Å²) in [7, 11) is 0. The van der Waals surface area contributed by atoms with Crippen molar-refractivity contribution >= 4 is 40.6 Å². The van der Waals surface area contributed by atoms with E-state index in [-0.39, 0.29) is 31.3 Å². The second-order valence-corrected chi connectivity index (χ2v) is 9.47. The molecule has 0 saturated carbocycles. The van der Waals surface area contributed by atoms with Crippen molar-refractivity contribution in [1.82, 2.24) is 20.9 Å². The van der Waals surface area contributed by atoms with Crippen molar-refractivity contribution in [3.63, 3.8) is 0 Å². The van der Waals surface area contributed by atoms with Gasteiger partial charge in [0.25, 0.3) is 0 Å². The van der Waals surface area contributed by atoms with Gasteiger partial charge in [0, 0.05) is 30.1 Å². The van der Waals surface area contributed by atoms with Crippen LogP contribution in [0.4, 0.5) is 0 Å². The number of rotatable bonds is 14. The lowest BCUT2D eigenvalue weighted by Crippen LogP contribution is -2.57. The van der Waals surface area contributed by atoms with Crippen LogP contribution < -0.4 is 33.2 Å². The molecule has 1 aromatic carbocycles. The Labute approximate surface area is 221 Å². The molecule has 4 atom stereocenters. The summed E-state index contributed by atoms with van der Waals surface area (Å²) in [5.74, 6) is -3.28. The van der Waals surface area contributed by atoms with Crippen molar-refractivity contribution in [2.45, 2.75) is 64.2 Å². The average Bonchev–Trinajstić information content (AvgIpc) is 3.27. The zero-order valence-corrected chi connectivity index (χ0v) is 21.9. The van der Waals surface area contributed by atoms with E-state index in [0.717, 1.165) is 16.5 Å². The molecule has 1 aromatic heterocycles. The molecule has 0 aliphatic rings. The van der Waals surface area contributed by atoms with Crippen molar-refractivity contribution in [2.24, 2.45) is 28.1 Å². The van der Waals surface area contributed by atoms with E-state index in [4.69, 9.17) is 17.2 Å². The molecule has 0 saturated heterocycles. The second-order valence-electron chi connectivity index (χ2n) is 9.47. The maximum atomic E-state index is 13.2. The summed E-state index contributed by atoms with van der Waals surface area (Å²) in [5.41, 5.74) is 18.1. The van der Waals surface area contributed by atoms with Crippen molar-refractivity contribution < 1.29 is 24.3 Å². The molecule has 2 aromatic rings. The van der Waals surface area contributed by atoms with Gasteiger partial charge in [-0.1, -0.05) is 32.0 Å². The molecule has 0 bridgehead atoms. The molecule has 4 unspecified atom stereocenters. The molecule has 208 valence electrons. The van der Waals surface area contributed by atoms with Crippen LogP contribution in [0.3, 0.4) is 0 Å². The number of guanidine groups is 1. The van der Waals surface area contributed by atoms with Gasteiger partial charge in [0.15, 0.2) is 5.96 Å². The van der Waals surface area contributed by atoms with Gasteiger partial charge in [-0.2, -0.15) is 0 Å². The van der Waals surface area contributed by atoms with Crippen molar-refractivity contribution in [1.29, 1.82) is 0 Å². The number of carboxylic acids is 1. The number of benzene rings is 1. The first-order valence-corrected chi connectivity index (χ1v) is 12.4. The topological polar surface area (TPSA) is 231 Å². The first kappa shape index (κ1) is 30.1. The molecule has 13 heteroatoms. The van der Waals surface area contributed by atoms with Gasteiger partial charge in [-0.25, -0.2) is 4.79 Å². The van der Waals surface area contributed by atoms with Gasteiger partial charge in [0.1, 0.15) is 18.1 Å². The van der Waals surface area contributed by atoms with Gasteiger partial charge >= 0.3 is 5.97 Å². The fourth-order valence-electron chi connectivity index (χ4n) is 3.74. The number of carboxylic acid groups (broad SMARTS) is 1. The molecule has 2 rings (SSSR count). The minimum atomic E-state index is -1.25. The Bertz CT molecular complexity index is 1160. The Kier molecular flexibility index (Phi) is 11.1. The fraction of sp³-hybridized carbons (Fsp3) is 0.480. The largest absolute Gasteiger partial charge is 0.480 e. The van der Waals surface area contributed by atoms with Gasteiger partial charge in [0.05, 0.1) is 6.04 Å². The number of fused-ring (bicyclic) bond motifs is 1. The van der Waals surface area contributed by atoms with Crippen LogP contribution in [0, 0.1) is 5.92 Å². The van der Waals surface area contributed by atoms with E-state index in [1.165, 1.54) is 6.92 Å². The first-order valence-electron chi connectivity index (χ1n) is 12.4. The number of H-pyrrole nitrogens is 1. The van der Waals surface area contributed by atoms with E-state index in [2.05, 4.69) is 25.9 Å². The number of nitrogens with two attached hydrogens (primary N) is 3. The fourth-order valence-corrected chi connectivity index (χ4v) is 3.74. The lowest BCUT2D eigenvalue weighted by Gasteiger charge is -2.24. The monoisotopic (exact) mass is 530 g/mol. The van der Waals surface area contributed by atoms with Gasteiger partial charge < -0.3 is 43.2 Å². The predicted octanol–water partition coefficient (Wildman–Crippen LogP) is -0.694. The summed E-state index contributed by atoms with van der Waals surface area (Å²) in [6, 6.07) is 3.28. The van der Waals surface area contributed by atoms with Crippen LogP contribution in [0.1, 0.15) is 39.2 Å². The number of carbonyl (C=O) groups is 4.